The zero-order chi connectivity index (χ0) is 24.7. The number of primary amides is 1. The van der Waals surface area contributed by atoms with E-state index in [1.54, 1.807) is 18.2 Å². The Morgan fingerprint density at radius 1 is 1.00 bits per heavy atom. The lowest BCUT2D eigenvalue weighted by molar-refractivity contribution is 0.0997. The molecule has 0 aliphatic heterocycles. The number of imidazole rings is 1. The number of nitrogens with zero attached hydrogens (tertiary/aromatic N) is 3. The molecule has 0 saturated carbocycles. The van der Waals surface area contributed by atoms with Crippen molar-refractivity contribution in [1.82, 2.24) is 9.55 Å². The number of benzene rings is 3. The average Bonchev–Trinajstić information content (AvgIpc) is 3.16. The quantitative estimate of drug-likeness (QED) is 0.355. The maximum absolute atomic E-state index is 13.0. The third-order valence-electron chi connectivity index (χ3n) is 5.32. The molecule has 7 nitrogen and oxygen atoms in total. The second-order valence-electron chi connectivity index (χ2n) is 7.86. The largest absolute Gasteiger partial charge is 0.366 e. The standard InChI is InChI=1S/C24H20Cl3N5O2/c1-12-17(26)5-4-6-19(12)32-20-11-14(29-23(34)15-9-13(25)7-8-18(15)27)10-16(22(28)33)21(20)30-24(32)31(2)3/h4-11H,1-3H3,(H2,28,33)(H,29,34). The van der Waals surface area contributed by atoms with Crippen molar-refractivity contribution in [3.05, 3.63) is 80.3 Å². The van der Waals surface area contributed by atoms with Crippen LogP contribution in [0.5, 0.6) is 0 Å². The molecule has 34 heavy (non-hydrogen) atoms. The molecule has 0 unspecified atom stereocenters. The molecule has 0 radical (unpaired) electrons. The summed E-state index contributed by atoms with van der Waals surface area (Å²) in [4.78, 5) is 31.8. The summed E-state index contributed by atoms with van der Waals surface area (Å²) in [6.45, 7) is 1.89. The van der Waals surface area contributed by atoms with E-state index in [0.717, 1.165) is 11.3 Å². The molecular formula is C24H20Cl3N5O2. The number of nitrogens with two attached hydrogens (primary N) is 1. The fraction of sp³-hybridized carbons (Fsp3) is 0.125. The summed E-state index contributed by atoms with van der Waals surface area (Å²) in [7, 11) is 3.68. The molecule has 0 aliphatic carbocycles. The van der Waals surface area contributed by atoms with Crippen LogP contribution in [0.2, 0.25) is 15.1 Å². The summed E-state index contributed by atoms with van der Waals surface area (Å²) in [6.07, 6.45) is 0. The third kappa shape index (κ3) is 4.30. The lowest BCUT2D eigenvalue weighted by Crippen LogP contribution is -2.16. The van der Waals surface area contributed by atoms with E-state index in [4.69, 9.17) is 40.5 Å². The van der Waals surface area contributed by atoms with Crippen molar-refractivity contribution in [3.63, 3.8) is 0 Å². The van der Waals surface area contributed by atoms with Crippen LogP contribution < -0.4 is 16.0 Å². The van der Waals surface area contributed by atoms with Gasteiger partial charge in [-0.15, -0.1) is 0 Å². The lowest BCUT2D eigenvalue weighted by atomic mass is 10.1. The van der Waals surface area contributed by atoms with Crippen molar-refractivity contribution in [3.8, 4) is 5.69 Å². The Balaban J connectivity index is 1.95. The van der Waals surface area contributed by atoms with Gasteiger partial charge in [0.25, 0.3) is 11.8 Å². The predicted octanol–water partition coefficient (Wildman–Crippen LogP) is 5.71. The minimum atomic E-state index is -0.681. The Labute approximate surface area is 211 Å². The normalized spacial score (nSPS) is 11.0. The van der Waals surface area contributed by atoms with Gasteiger partial charge in [-0.3, -0.25) is 14.2 Å². The molecule has 174 valence electrons. The van der Waals surface area contributed by atoms with Crippen molar-refractivity contribution >= 4 is 69.3 Å². The second-order valence-corrected chi connectivity index (χ2v) is 9.11. The zero-order valence-corrected chi connectivity index (χ0v) is 20.8. The highest BCUT2D eigenvalue weighted by Gasteiger charge is 2.22. The van der Waals surface area contributed by atoms with E-state index in [1.807, 2.05) is 42.6 Å². The Bertz CT molecular complexity index is 1460. The average molecular weight is 517 g/mol. The van der Waals surface area contributed by atoms with Gasteiger partial charge in [-0.2, -0.15) is 0 Å². The van der Waals surface area contributed by atoms with E-state index in [0.29, 0.717) is 32.7 Å². The highest BCUT2D eigenvalue weighted by molar-refractivity contribution is 6.36. The third-order valence-corrected chi connectivity index (χ3v) is 6.29. The first-order chi connectivity index (χ1) is 16.1. The van der Waals surface area contributed by atoms with Crippen molar-refractivity contribution in [2.24, 2.45) is 5.73 Å². The molecule has 0 bridgehead atoms. The van der Waals surface area contributed by atoms with E-state index in [-0.39, 0.29) is 16.1 Å². The number of amides is 2. The summed E-state index contributed by atoms with van der Waals surface area (Å²) in [5, 5.41) is 3.98. The molecule has 3 N–H and O–H groups in total. The first kappa shape index (κ1) is 23.9. The van der Waals surface area contributed by atoms with Gasteiger partial charge in [-0.05, 0) is 55.0 Å². The number of hydrogen-bond donors (Lipinski definition) is 2. The predicted molar refractivity (Wildman–Crippen MR) is 138 cm³/mol. The van der Waals surface area contributed by atoms with Gasteiger partial charge in [0.1, 0.15) is 5.52 Å². The lowest BCUT2D eigenvalue weighted by Gasteiger charge is -2.17. The molecular weight excluding hydrogens is 497 g/mol. The number of aromatic nitrogens is 2. The molecule has 10 heteroatoms. The van der Waals surface area contributed by atoms with E-state index in [1.165, 1.54) is 18.2 Å². The summed E-state index contributed by atoms with van der Waals surface area (Å²) in [5.74, 6) is -0.607. The maximum Gasteiger partial charge on any atom is 0.257 e. The number of hydrogen-bond acceptors (Lipinski definition) is 4. The molecule has 3 aromatic carbocycles. The van der Waals surface area contributed by atoms with Gasteiger partial charge in [0, 0.05) is 29.8 Å². The van der Waals surface area contributed by atoms with Crippen LogP contribution in [0.1, 0.15) is 26.3 Å². The summed E-state index contributed by atoms with van der Waals surface area (Å²) < 4.78 is 1.87. The van der Waals surface area contributed by atoms with Gasteiger partial charge in [-0.25, -0.2) is 4.98 Å². The summed E-state index contributed by atoms with van der Waals surface area (Å²) in [6, 6.07) is 13.3. The number of fused-ring (bicyclic) bond motifs is 1. The van der Waals surface area contributed by atoms with E-state index >= 15 is 0 Å². The summed E-state index contributed by atoms with van der Waals surface area (Å²) in [5.41, 5.74) is 8.95. The fourth-order valence-corrected chi connectivity index (χ4v) is 4.22. The van der Waals surface area contributed by atoms with Crippen LogP contribution in [0.25, 0.3) is 16.7 Å². The number of rotatable bonds is 5. The van der Waals surface area contributed by atoms with Gasteiger partial charge >= 0.3 is 0 Å². The SMILES string of the molecule is Cc1c(Cl)cccc1-n1c(N(C)C)nc2c(C(N)=O)cc(NC(=O)c3cc(Cl)ccc3Cl)cc21. The van der Waals surface area contributed by atoms with E-state index < -0.39 is 11.8 Å². The van der Waals surface area contributed by atoms with Gasteiger partial charge in [0.2, 0.25) is 5.95 Å². The van der Waals surface area contributed by atoms with Crippen molar-refractivity contribution in [2.75, 3.05) is 24.3 Å². The number of nitrogens with one attached hydrogen (secondary N) is 1. The second kappa shape index (κ2) is 9.18. The highest BCUT2D eigenvalue weighted by Crippen LogP contribution is 2.34. The van der Waals surface area contributed by atoms with Crippen molar-refractivity contribution < 1.29 is 9.59 Å². The van der Waals surface area contributed by atoms with Gasteiger partial charge in [0.15, 0.2) is 0 Å². The molecule has 1 aromatic heterocycles. The van der Waals surface area contributed by atoms with Crippen LogP contribution in [0.4, 0.5) is 11.6 Å². The molecule has 4 rings (SSSR count). The Kier molecular flexibility index (Phi) is 6.45. The molecule has 4 aromatic rings. The molecule has 1 heterocycles. The number of anilines is 2. The van der Waals surface area contributed by atoms with E-state index in [2.05, 4.69) is 10.3 Å². The van der Waals surface area contributed by atoms with Gasteiger partial charge in [-0.1, -0.05) is 40.9 Å². The molecule has 0 saturated heterocycles. The maximum atomic E-state index is 13.0. The Hall–Kier alpha value is -3.26. The molecule has 0 aliphatic rings. The Morgan fingerprint density at radius 2 is 1.74 bits per heavy atom. The number of carbonyl (C=O) groups is 2. The van der Waals surface area contributed by atoms with Crippen LogP contribution in [-0.4, -0.2) is 35.5 Å². The highest BCUT2D eigenvalue weighted by atomic mass is 35.5. The number of carbonyl (C=O) groups excluding carboxylic acids is 2. The van der Waals surface area contributed by atoms with Crippen LogP contribution in [0.3, 0.4) is 0 Å². The van der Waals surface area contributed by atoms with Crippen LogP contribution in [0, 0.1) is 6.92 Å². The Morgan fingerprint density at radius 3 is 2.41 bits per heavy atom. The van der Waals surface area contributed by atoms with Crippen LogP contribution in [-0.2, 0) is 0 Å². The molecule has 0 fully saturated rings. The van der Waals surface area contributed by atoms with Gasteiger partial charge in [0.05, 0.1) is 27.4 Å². The topological polar surface area (TPSA) is 93.2 Å². The van der Waals surface area contributed by atoms with Gasteiger partial charge < -0.3 is 16.0 Å². The van der Waals surface area contributed by atoms with E-state index in [9.17, 15) is 9.59 Å². The first-order valence-corrected chi connectivity index (χ1v) is 11.3. The molecule has 2 amide bonds. The summed E-state index contributed by atoms with van der Waals surface area (Å²) >= 11 is 18.6. The monoisotopic (exact) mass is 515 g/mol. The molecule has 0 atom stereocenters. The smallest absolute Gasteiger partial charge is 0.257 e. The minimum absolute atomic E-state index is 0.159. The zero-order valence-electron chi connectivity index (χ0n) is 18.5. The van der Waals surface area contributed by atoms with Crippen LogP contribution in [0.15, 0.2) is 48.5 Å². The van der Waals surface area contributed by atoms with Crippen LogP contribution >= 0.6 is 34.8 Å². The minimum Gasteiger partial charge on any atom is -0.366 e. The molecule has 0 spiro atoms. The fourth-order valence-electron chi connectivity index (χ4n) is 3.67. The number of halogens is 3. The first-order valence-electron chi connectivity index (χ1n) is 10.1. The van der Waals surface area contributed by atoms with Crippen molar-refractivity contribution in [1.29, 1.82) is 0 Å². The van der Waals surface area contributed by atoms with Crippen molar-refractivity contribution in [2.45, 2.75) is 6.92 Å².